The van der Waals surface area contributed by atoms with E-state index in [2.05, 4.69) is 14.7 Å². The summed E-state index contributed by atoms with van der Waals surface area (Å²) in [5, 5.41) is 0. The van der Waals surface area contributed by atoms with Crippen molar-refractivity contribution in [1.29, 1.82) is 0 Å². The minimum absolute atomic E-state index is 0.132. The number of ether oxygens (including phenoxy) is 1. The zero-order chi connectivity index (χ0) is 19.3. The van der Waals surface area contributed by atoms with Gasteiger partial charge in [0.15, 0.2) is 0 Å². The van der Waals surface area contributed by atoms with E-state index in [4.69, 9.17) is 4.74 Å². The third-order valence-electron chi connectivity index (χ3n) is 4.04. The van der Waals surface area contributed by atoms with Crippen LogP contribution in [0.15, 0.2) is 66.0 Å². The van der Waals surface area contributed by atoms with E-state index in [-0.39, 0.29) is 11.4 Å². The lowest BCUT2D eigenvalue weighted by molar-refractivity contribution is 0.337. The van der Waals surface area contributed by atoms with Gasteiger partial charge in [-0.3, -0.25) is 9.97 Å². The van der Waals surface area contributed by atoms with Gasteiger partial charge in [-0.15, -0.1) is 0 Å². The predicted molar refractivity (Wildman–Crippen MR) is 104 cm³/mol. The van der Waals surface area contributed by atoms with Crippen LogP contribution < -0.4 is 9.46 Å². The van der Waals surface area contributed by atoms with E-state index in [1.165, 1.54) is 0 Å². The monoisotopic (exact) mass is 383 g/mol. The van der Waals surface area contributed by atoms with Gasteiger partial charge in [-0.25, -0.2) is 13.1 Å². The number of hydrogen-bond acceptors (Lipinski definition) is 5. The fourth-order valence-corrected chi connectivity index (χ4v) is 3.80. The Morgan fingerprint density at radius 2 is 1.93 bits per heavy atom. The predicted octanol–water partition coefficient (Wildman–Crippen LogP) is 3.33. The highest BCUT2D eigenvalue weighted by molar-refractivity contribution is 7.89. The van der Waals surface area contributed by atoms with Gasteiger partial charge in [0.25, 0.3) is 0 Å². The first-order valence-corrected chi connectivity index (χ1v) is 10.1. The average Bonchev–Trinajstić information content (AvgIpc) is 2.69. The molecule has 0 saturated heterocycles. The van der Waals surface area contributed by atoms with Crippen LogP contribution in [-0.2, 0) is 16.6 Å². The molecule has 2 heterocycles. The smallest absolute Gasteiger partial charge is 0.240 e. The number of pyridine rings is 2. The molecule has 140 valence electrons. The Kier molecular flexibility index (Phi) is 5.83. The van der Waals surface area contributed by atoms with E-state index in [1.54, 1.807) is 42.9 Å². The third kappa shape index (κ3) is 4.50. The summed E-state index contributed by atoms with van der Waals surface area (Å²) < 4.78 is 33.5. The lowest BCUT2D eigenvalue weighted by Crippen LogP contribution is -2.23. The first-order valence-electron chi connectivity index (χ1n) is 8.58. The van der Waals surface area contributed by atoms with Crippen LogP contribution in [0.4, 0.5) is 0 Å². The van der Waals surface area contributed by atoms with Crippen molar-refractivity contribution in [3.63, 3.8) is 0 Å². The SMILES string of the molecule is CCOc1ccc(S(=O)(=O)NCc2cccnc2-c2cccnc2)cc1C. The zero-order valence-electron chi connectivity index (χ0n) is 15.2. The number of nitrogens with zero attached hydrogens (tertiary/aromatic N) is 2. The fourth-order valence-electron chi connectivity index (χ4n) is 2.71. The van der Waals surface area contributed by atoms with Crippen LogP contribution in [0.5, 0.6) is 5.75 Å². The van der Waals surface area contributed by atoms with E-state index in [0.29, 0.717) is 18.1 Å². The second-order valence-electron chi connectivity index (χ2n) is 5.94. The van der Waals surface area contributed by atoms with Gasteiger partial charge < -0.3 is 4.74 Å². The van der Waals surface area contributed by atoms with E-state index < -0.39 is 10.0 Å². The van der Waals surface area contributed by atoms with E-state index in [9.17, 15) is 8.42 Å². The van der Waals surface area contributed by atoms with Gasteiger partial charge in [0.1, 0.15) is 5.75 Å². The summed E-state index contributed by atoms with van der Waals surface area (Å²) in [7, 11) is -3.66. The van der Waals surface area contributed by atoms with Gasteiger partial charge in [-0.1, -0.05) is 6.07 Å². The highest BCUT2D eigenvalue weighted by Crippen LogP contribution is 2.23. The Hall–Kier alpha value is -2.77. The van der Waals surface area contributed by atoms with Gasteiger partial charge >= 0.3 is 0 Å². The largest absolute Gasteiger partial charge is 0.494 e. The molecule has 0 saturated carbocycles. The number of benzene rings is 1. The molecule has 0 spiro atoms. The summed E-state index contributed by atoms with van der Waals surface area (Å²) in [6.45, 7) is 4.38. The van der Waals surface area contributed by atoms with Crippen molar-refractivity contribution in [2.24, 2.45) is 0 Å². The molecular weight excluding hydrogens is 362 g/mol. The Morgan fingerprint density at radius 3 is 2.63 bits per heavy atom. The molecule has 0 bridgehead atoms. The Bertz CT molecular complexity index is 1020. The van der Waals surface area contributed by atoms with Gasteiger partial charge in [0.2, 0.25) is 10.0 Å². The lowest BCUT2D eigenvalue weighted by Gasteiger charge is -2.12. The second-order valence-corrected chi connectivity index (χ2v) is 7.70. The summed E-state index contributed by atoms with van der Waals surface area (Å²) in [6.07, 6.45) is 5.06. The van der Waals surface area contributed by atoms with Crippen molar-refractivity contribution >= 4 is 10.0 Å². The van der Waals surface area contributed by atoms with Crippen LogP contribution >= 0.6 is 0 Å². The van der Waals surface area contributed by atoms with Gasteiger partial charge in [-0.05, 0) is 61.4 Å². The molecule has 0 aliphatic rings. The summed E-state index contributed by atoms with van der Waals surface area (Å²) in [5.41, 5.74) is 3.09. The Labute approximate surface area is 159 Å². The van der Waals surface area contributed by atoms with Crippen LogP contribution in [0.3, 0.4) is 0 Å². The number of sulfonamides is 1. The number of hydrogen-bond donors (Lipinski definition) is 1. The summed E-state index contributed by atoms with van der Waals surface area (Å²) >= 11 is 0. The zero-order valence-corrected chi connectivity index (χ0v) is 16.0. The molecule has 6 nitrogen and oxygen atoms in total. The van der Waals surface area contributed by atoms with Gasteiger partial charge in [0.05, 0.1) is 17.2 Å². The maximum Gasteiger partial charge on any atom is 0.240 e. The topological polar surface area (TPSA) is 81.2 Å². The summed E-state index contributed by atoms with van der Waals surface area (Å²) in [5.74, 6) is 0.683. The fraction of sp³-hybridized carbons (Fsp3) is 0.200. The molecule has 1 aromatic carbocycles. The highest BCUT2D eigenvalue weighted by atomic mass is 32.2. The molecule has 0 unspecified atom stereocenters. The summed E-state index contributed by atoms with van der Waals surface area (Å²) in [6, 6.07) is 12.2. The molecule has 0 amide bonds. The molecule has 7 heteroatoms. The van der Waals surface area contributed by atoms with Crippen LogP contribution in [-0.4, -0.2) is 25.0 Å². The standard InChI is InChI=1S/C20H21N3O3S/c1-3-26-19-9-8-18(12-15(19)2)27(24,25)23-14-17-7-5-11-22-20(17)16-6-4-10-21-13-16/h4-13,23H,3,14H2,1-2H3. The van der Waals surface area contributed by atoms with Gasteiger partial charge in [-0.2, -0.15) is 0 Å². The van der Waals surface area contributed by atoms with E-state index in [1.807, 2.05) is 32.0 Å². The van der Waals surface area contributed by atoms with Crippen LogP contribution in [0.2, 0.25) is 0 Å². The minimum Gasteiger partial charge on any atom is -0.494 e. The van der Waals surface area contributed by atoms with Crippen molar-refractivity contribution in [3.05, 3.63) is 72.2 Å². The van der Waals surface area contributed by atoms with Crippen molar-refractivity contribution in [3.8, 4) is 17.0 Å². The van der Waals surface area contributed by atoms with Crippen molar-refractivity contribution in [2.45, 2.75) is 25.3 Å². The molecule has 3 aromatic rings. The molecule has 0 radical (unpaired) electrons. The maximum absolute atomic E-state index is 12.7. The van der Waals surface area contributed by atoms with Crippen LogP contribution in [0.1, 0.15) is 18.1 Å². The van der Waals surface area contributed by atoms with Crippen LogP contribution in [0.25, 0.3) is 11.3 Å². The average molecular weight is 383 g/mol. The lowest BCUT2D eigenvalue weighted by atomic mass is 10.1. The Balaban J connectivity index is 1.82. The first-order chi connectivity index (χ1) is 13.0. The van der Waals surface area contributed by atoms with E-state index in [0.717, 1.165) is 16.7 Å². The van der Waals surface area contributed by atoms with Gasteiger partial charge in [0, 0.05) is 30.7 Å². The second kappa shape index (κ2) is 8.28. The summed E-state index contributed by atoms with van der Waals surface area (Å²) in [4.78, 5) is 8.68. The molecule has 0 atom stereocenters. The number of rotatable bonds is 7. The highest BCUT2D eigenvalue weighted by Gasteiger charge is 2.16. The number of aryl methyl sites for hydroxylation is 1. The molecule has 2 aromatic heterocycles. The molecule has 3 rings (SSSR count). The number of aromatic nitrogens is 2. The molecular formula is C20H21N3O3S. The molecule has 0 aliphatic heterocycles. The normalized spacial score (nSPS) is 11.3. The van der Waals surface area contributed by atoms with Crippen molar-refractivity contribution < 1.29 is 13.2 Å². The number of nitrogens with one attached hydrogen (secondary N) is 1. The molecule has 0 fully saturated rings. The van der Waals surface area contributed by atoms with Crippen molar-refractivity contribution in [2.75, 3.05) is 6.61 Å². The molecule has 27 heavy (non-hydrogen) atoms. The van der Waals surface area contributed by atoms with E-state index >= 15 is 0 Å². The first kappa shape index (κ1) is 19.0. The quantitative estimate of drug-likeness (QED) is 0.677. The minimum atomic E-state index is -3.66. The third-order valence-corrected chi connectivity index (χ3v) is 5.43. The van der Waals surface area contributed by atoms with Crippen molar-refractivity contribution in [1.82, 2.24) is 14.7 Å². The maximum atomic E-state index is 12.7. The molecule has 1 N–H and O–H groups in total. The Morgan fingerprint density at radius 1 is 1.11 bits per heavy atom. The molecule has 0 aliphatic carbocycles. The van der Waals surface area contributed by atoms with Crippen LogP contribution in [0, 0.1) is 6.92 Å².